The highest BCUT2D eigenvalue weighted by Gasteiger charge is 2.34. The van der Waals surface area contributed by atoms with Crippen LogP contribution in [0.1, 0.15) is 16.1 Å². The molecule has 7 nitrogen and oxygen atoms in total. The summed E-state index contributed by atoms with van der Waals surface area (Å²) >= 11 is 0. The van der Waals surface area contributed by atoms with Crippen LogP contribution < -0.4 is 15.8 Å². The summed E-state index contributed by atoms with van der Waals surface area (Å²) in [4.78, 5) is 12.4. The van der Waals surface area contributed by atoms with Crippen LogP contribution in [0.3, 0.4) is 0 Å². The van der Waals surface area contributed by atoms with Crippen molar-refractivity contribution >= 4 is 17.4 Å². The number of nitrogen functional groups attached to an aromatic ring is 1. The molecule has 3 rings (SSSR count). The van der Waals surface area contributed by atoms with Crippen molar-refractivity contribution in [3.63, 3.8) is 0 Å². The van der Waals surface area contributed by atoms with Gasteiger partial charge in [-0.2, -0.15) is 17.9 Å². The molecule has 0 atom stereocenters. The molecular weight excluding hydrogens is 363 g/mol. The zero-order valence-corrected chi connectivity index (χ0v) is 14.0. The molecule has 0 aliphatic carbocycles. The topological polar surface area (TPSA) is 95.1 Å². The number of ether oxygens (including phenoxy) is 1. The van der Waals surface area contributed by atoms with E-state index >= 15 is 0 Å². The minimum atomic E-state index is -4.61. The summed E-state index contributed by atoms with van der Waals surface area (Å²) in [5.74, 6) is -0.398. The van der Waals surface area contributed by atoms with E-state index in [0.29, 0.717) is 11.4 Å². The predicted octanol–water partition coefficient (Wildman–Crippen LogP) is 3.13. The highest BCUT2D eigenvalue weighted by Crippen LogP contribution is 2.34. The van der Waals surface area contributed by atoms with Gasteiger partial charge in [-0.1, -0.05) is 17.3 Å². The molecule has 140 valence electrons. The smallest absolute Gasteiger partial charge is 0.418 e. The van der Waals surface area contributed by atoms with Crippen molar-refractivity contribution in [2.45, 2.75) is 6.18 Å². The first-order valence-electron chi connectivity index (χ1n) is 7.64. The number of carbonyl (C=O) groups excluding carboxylic acids is 1. The maximum Gasteiger partial charge on any atom is 0.418 e. The van der Waals surface area contributed by atoms with Crippen LogP contribution in [0.2, 0.25) is 0 Å². The van der Waals surface area contributed by atoms with Crippen molar-refractivity contribution in [3.05, 3.63) is 59.8 Å². The Kier molecular flexibility index (Phi) is 4.72. The highest BCUT2D eigenvalue weighted by molar-refractivity contribution is 6.06. The van der Waals surface area contributed by atoms with Crippen LogP contribution in [0.25, 0.3) is 5.69 Å². The van der Waals surface area contributed by atoms with Crippen LogP contribution in [0.5, 0.6) is 5.75 Å². The molecule has 0 saturated heterocycles. The maximum absolute atomic E-state index is 13.0. The fourth-order valence-electron chi connectivity index (χ4n) is 2.39. The average Bonchev–Trinajstić information content (AvgIpc) is 3.03. The number of hydrogen-bond donors (Lipinski definition) is 2. The molecule has 0 aliphatic heterocycles. The van der Waals surface area contributed by atoms with Gasteiger partial charge in [0.25, 0.3) is 5.91 Å². The lowest BCUT2D eigenvalue weighted by atomic mass is 10.1. The number of anilines is 2. The minimum Gasteiger partial charge on any atom is -0.497 e. The van der Waals surface area contributed by atoms with E-state index in [1.54, 1.807) is 24.3 Å². The van der Waals surface area contributed by atoms with Gasteiger partial charge >= 0.3 is 6.18 Å². The summed E-state index contributed by atoms with van der Waals surface area (Å²) in [5, 5.41) is 9.66. The van der Waals surface area contributed by atoms with Crippen LogP contribution in [0.15, 0.2) is 48.5 Å². The molecule has 2 aromatic carbocycles. The van der Waals surface area contributed by atoms with Crippen LogP contribution in [0, 0.1) is 0 Å². The van der Waals surface area contributed by atoms with Gasteiger partial charge in [-0.25, -0.2) is 0 Å². The molecule has 3 aromatic rings. The summed E-state index contributed by atoms with van der Waals surface area (Å²) in [5.41, 5.74) is 4.76. The van der Waals surface area contributed by atoms with Crippen molar-refractivity contribution in [1.82, 2.24) is 15.0 Å². The standard InChI is InChI=1S/C17H14F3N5O2/c1-27-11-8-6-10(7-9-11)25-15(21)14(23-24-25)16(26)22-13-5-3-2-4-12(13)17(18,19)20/h2-9H,21H2,1H3,(H,22,26). The summed E-state index contributed by atoms with van der Waals surface area (Å²) in [7, 11) is 1.51. The van der Waals surface area contributed by atoms with E-state index in [4.69, 9.17) is 10.5 Å². The second-order valence-electron chi connectivity index (χ2n) is 5.43. The number of benzene rings is 2. The Morgan fingerprint density at radius 3 is 2.44 bits per heavy atom. The molecule has 0 saturated carbocycles. The normalized spacial score (nSPS) is 11.3. The molecule has 3 N–H and O–H groups in total. The Labute approximate surface area is 151 Å². The quantitative estimate of drug-likeness (QED) is 0.728. The highest BCUT2D eigenvalue weighted by atomic mass is 19.4. The Morgan fingerprint density at radius 1 is 1.15 bits per heavy atom. The third-order valence-corrected chi connectivity index (χ3v) is 3.72. The second kappa shape index (κ2) is 6.98. The number of para-hydroxylation sites is 1. The van der Waals surface area contributed by atoms with Gasteiger partial charge in [-0.3, -0.25) is 4.79 Å². The monoisotopic (exact) mass is 377 g/mol. The molecule has 0 aliphatic rings. The third-order valence-electron chi connectivity index (χ3n) is 3.72. The fourth-order valence-corrected chi connectivity index (χ4v) is 2.39. The zero-order chi connectivity index (χ0) is 19.6. The number of nitrogens with one attached hydrogen (secondary N) is 1. The molecule has 0 spiro atoms. The number of carbonyl (C=O) groups is 1. The van der Waals surface area contributed by atoms with E-state index in [9.17, 15) is 18.0 Å². The maximum atomic E-state index is 13.0. The number of aromatic nitrogens is 3. The van der Waals surface area contributed by atoms with E-state index < -0.39 is 23.3 Å². The molecule has 0 bridgehead atoms. The Balaban J connectivity index is 1.88. The lowest BCUT2D eigenvalue weighted by Crippen LogP contribution is -2.18. The van der Waals surface area contributed by atoms with E-state index in [2.05, 4.69) is 15.6 Å². The molecule has 0 radical (unpaired) electrons. The number of alkyl halides is 3. The molecule has 10 heteroatoms. The number of nitrogens with zero attached hydrogens (tertiary/aromatic N) is 3. The minimum absolute atomic E-state index is 0.109. The van der Waals surface area contributed by atoms with Gasteiger partial charge in [0.05, 0.1) is 24.0 Å². The largest absolute Gasteiger partial charge is 0.497 e. The molecule has 1 amide bonds. The van der Waals surface area contributed by atoms with Crippen molar-refractivity contribution in [2.24, 2.45) is 0 Å². The van der Waals surface area contributed by atoms with Gasteiger partial charge in [-0.05, 0) is 36.4 Å². The molecule has 0 unspecified atom stereocenters. The summed E-state index contributed by atoms with van der Waals surface area (Å²) in [6.45, 7) is 0. The Hall–Kier alpha value is -3.56. The van der Waals surface area contributed by atoms with Crippen LogP contribution in [-0.2, 0) is 6.18 Å². The van der Waals surface area contributed by atoms with E-state index in [1.807, 2.05) is 0 Å². The van der Waals surface area contributed by atoms with Crippen molar-refractivity contribution in [3.8, 4) is 11.4 Å². The Morgan fingerprint density at radius 2 is 1.81 bits per heavy atom. The fraction of sp³-hybridized carbons (Fsp3) is 0.118. The first-order valence-corrected chi connectivity index (χ1v) is 7.64. The number of rotatable bonds is 4. The predicted molar refractivity (Wildman–Crippen MR) is 91.7 cm³/mol. The Bertz CT molecular complexity index is 967. The molecular formula is C17H14F3N5O2. The zero-order valence-electron chi connectivity index (χ0n) is 14.0. The molecule has 1 heterocycles. The van der Waals surface area contributed by atoms with Gasteiger partial charge in [-0.15, -0.1) is 5.10 Å². The van der Waals surface area contributed by atoms with E-state index in [-0.39, 0.29) is 11.5 Å². The first-order chi connectivity index (χ1) is 12.8. The number of halogens is 3. The van der Waals surface area contributed by atoms with Crippen LogP contribution in [-0.4, -0.2) is 28.0 Å². The first kappa shape index (κ1) is 18.2. The van der Waals surface area contributed by atoms with Gasteiger partial charge in [0, 0.05) is 0 Å². The molecule has 27 heavy (non-hydrogen) atoms. The summed E-state index contributed by atoms with van der Waals surface area (Å²) in [6.07, 6.45) is -4.61. The van der Waals surface area contributed by atoms with Gasteiger partial charge in [0.2, 0.25) is 0 Å². The lowest BCUT2D eigenvalue weighted by molar-refractivity contribution is -0.136. The van der Waals surface area contributed by atoms with Crippen molar-refractivity contribution in [2.75, 3.05) is 18.2 Å². The van der Waals surface area contributed by atoms with Crippen molar-refractivity contribution < 1.29 is 22.7 Å². The van der Waals surface area contributed by atoms with Crippen molar-refractivity contribution in [1.29, 1.82) is 0 Å². The number of amides is 1. The average molecular weight is 377 g/mol. The SMILES string of the molecule is COc1ccc(-n2nnc(C(=O)Nc3ccccc3C(F)(F)F)c2N)cc1. The molecule has 1 aromatic heterocycles. The molecule has 0 fully saturated rings. The number of nitrogens with two attached hydrogens (primary N) is 1. The van der Waals surface area contributed by atoms with Gasteiger partial charge < -0.3 is 15.8 Å². The number of methoxy groups -OCH3 is 1. The second-order valence-corrected chi connectivity index (χ2v) is 5.43. The van der Waals surface area contributed by atoms with Crippen LogP contribution >= 0.6 is 0 Å². The third kappa shape index (κ3) is 3.68. The summed E-state index contributed by atoms with van der Waals surface area (Å²) < 4.78 is 45.4. The number of hydrogen-bond acceptors (Lipinski definition) is 5. The lowest BCUT2D eigenvalue weighted by Gasteiger charge is -2.13. The van der Waals surface area contributed by atoms with Gasteiger partial charge in [0.15, 0.2) is 11.5 Å². The van der Waals surface area contributed by atoms with E-state index in [1.165, 1.54) is 23.9 Å². The summed E-state index contributed by atoms with van der Waals surface area (Å²) in [6, 6.07) is 11.2. The van der Waals surface area contributed by atoms with Crippen LogP contribution in [0.4, 0.5) is 24.7 Å². The van der Waals surface area contributed by atoms with E-state index in [0.717, 1.165) is 12.1 Å². The van der Waals surface area contributed by atoms with Gasteiger partial charge in [0.1, 0.15) is 5.75 Å².